The number of phenolic OH excluding ortho intramolecular Hbond substituents is 1. The Morgan fingerprint density at radius 2 is 1.92 bits per heavy atom. The van der Waals surface area contributed by atoms with Crippen molar-refractivity contribution in [2.75, 3.05) is 7.11 Å². The molecule has 3 unspecified atom stereocenters. The summed E-state index contributed by atoms with van der Waals surface area (Å²) in [5, 5.41) is 23.1. The van der Waals surface area contributed by atoms with Crippen molar-refractivity contribution in [3.63, 3.8) is 0 Å². The summed E-state index contributed by atoms with van der Waals surface area (Å²) in [5.41, 5.74) is 1.02. The quantitative estimate of drug-likeness (QED) is 0.318. The second-order valence-corrected chi connectivity index (χ2v) is 7.38. The van der Waals surface area contributed by atoms with Crippen molar-refractivity contribution in [2.24, 2.45) is 5.92 Å². The van der Waals surface area contributed by atoms with Crippen LogP contribution in [0.5, 0.6) is 5.75 Å². The maximum absolute atomic E-state index is 11.1. The summed E-state index contributed by atoms with van der Waals surface area (Å²) >= 11 is 0. The molecule has 5 heteroatoms. The number of methoxy groups -OCH3 is 1. The number of hydrogen-bond donors (Lipinski definition) is 3. The van der Waals surface area contributed by atoms with Crippen LogP contribution >= 0.6 is 0 Å². The standard InChI is InChI=1S/C21H33NO4/c1-26-21(25)10-5-3-2-4-7-17-8-6-9-19(17)22-20(24)15-16-11-13-18(23)14-12-16/h11-14,17,19-20,22-24H,2-10,15H2,1H3. The molecule has 1 aromatic carbocycles. The minimum Gasteiger partial charge on any atom is -0.508 e. The Labute approximate surface area is 156 Å². The molecule has 0 amide bonds. The number of benzene rings is 1. The van der Waals surface area contributed by atoms with Gasteiger partial charge in [-0.25, -0.2) is 0 Å². The summed E-state index contributed by atoms with van der Waals surface area (Å²) in [6.07, 6.45) is 9.58. The molecule has 146 valence electrons. The smallest absolute Gasteiger partial charge is 0.305 e. The summed E-state index contributed by atoms with van der Waals surface area (Å²) in [4.78, 5) is 11.1. The molecule has 1 fully saturated rings. The lowest BCUT2D eigenvalue weighted by molar-refractivity contribution is -0.140. The van der Waals surface area contributed by atoms with Crippen LogP contribution in [0, 0.1) is 5.92 Å². The SMILES string of the molecule is COC(=O)CCCCCCC1CCCC1NC(O)Cc1ccc(O)cc1. The van der Waals surface area contributed by atoms with Gasteiger partial charge in [0.1, 0.15) is 12.0 Å². The van der Waals surface area contributed by atoms with E-state index in [-0.39, 0.29) is 11.7 Å². The largest absolute Gasteiger partial charge is 0.508 e. The molecule has 0 bridgehead atoms. The van der Waals surface area contributed by atoms with Crippen molar-refractivity contribution >= 4 is 5.97 Å². The first-order valence-electron chi connectivity index (χ1n) is 9.87. The molecule has 1 aromatic rings. The van der Waals surface area contributed by atoms with Gasteiger partial charge >= 0.3 is 5.97 Å². The molecule has 1 saturated carbocycles. The number of hydrogen-bond acceptors (Lipinski definition) is 5. The lowest BCUT2D eigenvalue weighted by Crippen LogP contribution is -2.41. The molecule has 2 rings (SSSR count). The fourth-order valence-corrected chi connectivity index (χ4v) is 3.89. The average Bonchev–Trinajstić information content (AvgIpc) is 3.06. The van der Waals surface area contributed by atoms with E-state index in [0.717, 1.165) is 31.2 Å². The number of esters is 1. The number of phenols is 1. The van der Waals surface area contributed by atoms with E-state index < -0.39 is 6.23 Å². The van der Waals surface area contributed by atoms with Gasteiger partial charge < -0.3 is 14.9 Å². The van der Waals surface area contributed by atoms with Gasteiger partial charge in [0.05, 0.1) is 7.11 Å². The molecule has 1 aliphatic carbocycles. The first kappa shape index (κ1) is 20.7. The number of rotatable bonds is 11. The summed E-state index contributed by atoms with van der Waals surface area (Å²) < 4.78 is 4.65. The minimum atomic E-state index is -0.551. The minimum absolute atomic E-state index is 0.118. The second kappa shape index (κ2) is 11.2. The first-order chi connectivity index (χ1) is 12.6. The van der Waals surface area contributed by atoms with Gasteiger partial charge in [0, 0.05) is 18.9 Å². The van der Waals surface area contributed by atoms with Crippen molar-refractivity contribution in [2.45, 2.75) is 76.5 Å². The number of aliphatic hydroxyl groups is 1. The Kier molecular flexibility index (Phi) is 8.92. The van der Waals surface area contributed by atoms with Crippen LogP contribution in [0.2, 0.25) is 0 Å². The van der Waals surface area contributed by atoms with E-state index in [1.54, 1.807) is 12.1 Å². The van der Waals surface area contributed by atoms with Crippen LogP contribution in [0.25, 0.3) is 0 Å². The molecule has 1 aliphatic rings. The Morgan fingerprint density at radius 3 is 2.65 bits per heavy atom. The van der Waals surface area contributed by atoms with E-state index >= 15 is 0 Å². The molecule has 0 radical (unpaired) electrons. The Balaban J connectivity index is 1.63. The number of aliphatic hydroxyl groups excluding tert-OH is 1. The molecule has 3 atom stereocenters. The highest BCUT2D eigenvalue weighted by Gasteiger charge is 2.28. The van der Waals surface area contributed by atoms with Crippen LogP contribution in [0.1, 0.15) is 63.4 Å². The summed E-state index contributed by atoms with van der Waals surface area (Å²) in [6, 6.07) is 7.39. The fraction of sp³-hybridized carbons (Fsp3) is 0.667. The van der Waals surface area contributed by atoms with Crippen LogP contribution in [-0.4, -0.2) is 35.6 Å². The topological polar surface area (TPSA) is 78.8 Å². The zero-order valence-electron chi connectivity index (χ0n) is 15.8. The van der Waals surface area contributed by atoms with Crippen LogP contribution in [0.4, 0.5) is 0 Å². The van der Waals surface area contributed by atoms with Gasteiger partial charge in [-0.2, -0.15) is 0 Å². The Bertz CT molecular complexity index is 531. The first-order valence-corrected chi connectivity index (χ1v) is 9.87. The van der Waals surface area contributed by atoms with Gasteiger partial charge in [-0.05, 0) is 49.3 Å². The van der Waals surface area contributed by atoms with Crippen molar-refractivity contribution < 1.29 is 19.7 Å². The van der Waals surface area contributed by atoms with Crippen LogP contribution in [0.3, 0.4) is 0 Å². The molecule has 0 heterocycles. The molecule has 0 saturated heterocycles. The number of unbranched alkanes of at least 4 members (excludes halogenated alkanes) is 3. The molecule has 0 aliphatic heterocycles. The van der Waals surface area contributed by atoms with E-state index in [1.165, 1.54) is 32.8 Å². The van der Waals surface area contributed by atoms with Crippen molar-refractivity contribution in [1.82, 2.24) is 5.32 Å². The Hall–Kier alpha value is -1.59. The number of ether oxygens (including phenoxy) is 1. The van der Waals surface area contributed by atoms with Gasteiger partial charge in [-0.15, -0.1) is 0 Å². The fourth-order valence-electron chi connectivity index (χ4n) is 3.89. The third-order valence-electron chi connectivity index (χ3n) is 5.36. The predicted molar refractivity (Wildman–Crippen MR) is 102 cm³/mol. The zero-order chi connectivity index (χ0) is 18.8. The third kappa shape index (κ3) is 7.34. The van der Waals surface area contributed by atoms with E-state index in [0.29, 0.717) is 24.8 Å². The summed E-state index contributed by atoms with van der Waals surface area (Å²) in [5.74, 6) is 0.761. The van der Waals surface area contributed by atoms with Crippen LogP contribution in [-0.2, 0) is 16.0 Å². The highest BCUT2D eigenvalue weighted by atomic mass is 16.5. The van der Waals surface area contributed by atoms with Crippen molar-refractivity contribution in [3.8, 4) is 5.75 Å². The molecular formula is C21H33NO4. The molecule has 3 N–H and O–H groups in total. The van der Waals surface area contributed by atoms with E-state index in [4.69, 9.17) is 0 Å². The van der Waals surface area contributed by atoms with E-state index in [9.17, 15) is 15.0 Å². The van der Waals surface area contributed by atoms with Crippen molar-refractivity contribution in [1.29, 1.82) is 0 Å². The van der Waals surface area contributed by atoms with Gasteiger partial charge in [-0.3, -0.25) is 10.1 Å². The summed E-state index contributed by atoms with van der Waals surface area (Å²) in [6.45, 7) is 0. The number of carbonyl (C=O) groups is 1. The maximum atomic E-state index is 11.1. The van der Waals surface area contributed by atoms with Gasteiger partial charge in [0.25, 0.3) is 0 Å². The van der Waals surface area contributed by atoms with Gasteiger partial charge in [0.2, 0.25) is 0 Å². The van der Waals surface area contributed by atoms with Crippen molar-refractivity contribution in [3.05, 3.63) is 29.8 Å². The lowest BCUT2D eigenvalue weighted by atomic mass is 9.95. The Morgan fingerprint density at radius 1 is 1.19 bits per heavy atom. The maximum Gasteiger partial charge on any atom is 0.305 e. The monoisotopic (exact) mass is 363 g/mol. The highest BCUT2D eigenvalue weighted by Crippen LogP contribution is 2.30. The number of carbonyl (C=O) groups excluding carboxylic acids is 1. The molecule has 0 spiro atoms. The van der Waals surface area contributed by atoms with Crippen LogP contribution < -0.4 is 5.32 Å². The van der Waals surface area contributed by atoms with Crippen LogP contribution in [0.15, 0.2) is 24.3 Å². The molecule has 0 aromatic heterocycles. The molecule has 26 heavy (non-hydrogen) atoms. The van der Waals surface area contributed by atoms with Gasteiger partial charge in [-0.1, -0.05) is 37.8 Å². The second-order valence-electron chi connectivity index (χ2n) is 7.38. The lowest BCUT2D eigenvalue weighted by Gasteiger charge is -2.24. The molecular weight excluding hydrogens is 330 g/mol. The molecule has 5 nitrogen and oxygen atoms in total. The van der Waals surface area contributed by atoms with E-state index in [2.05, 4.69) is 10.1 Å². The average molecular weight is 363 g/mol. The zero-order valence-corrected chi connectivity index (χ0v) is 15.8. The number of aromatic hydroxyl groups is 1. The predicted octanol–water partition coefficient (Wildman–Crippen LogP) is 3.53. The third-order valence-corrected chi connectivity index (χ3v) is 5.36. The highest BCUT2D eigenvalue weighted by molar-refractivity contribution is 5.68. The van der Waals surface area contributed by atoms with E-state index in [1.807, 2.05) is 12.1 Å². The normalized spacial score (nSPS) is 20.8. The summed E-state index contributed by atoms with van der Waals surface area (Å²) in [7, 11) is 1.44. The number of nitrogens with one attached hydrogen (secondary N) is 1. The van der Waals surface area contributed by atoms with Gasteiger partial charge in [0.15, 0.2) is 0 Å².